The molecule has 0 spiro atoms. The van der Waals surface area contributed by atoms with Crippen LogP contribution in [0.2, 0.25) is 0 Å². The van der Waals surface area contributed by atoms with Gasteiger partial charge >= 0.3 is 0 Å². The summed E-state index contributed by atoms with van der Waals surface area (Å²) in [7, 11) is 3.22. The first-order chi connectivity index (χ1) is 5.69. The zero-order valence-corrected chi connectivity index (χ0v) is 8.64. The van der Waals surface area contributed by atoms with Crippen molar-refractivity contribution in [3.05, 3.63) is 29.1 Å². The second-order valence-corrected chi connectivity index (χ2v) is 3.10. The molecule has 1 aromatic rings. The maximum absolute atomic E-state index is 5.10. The van der Waals surface area contributed by atoms with Crippen LogP contribution in [0.5, 0.6) is 11.5 Å². The SMILES string of the molecule is [CH2]c1cc(OC)cc(OC)c1Br. The van der Waals surface area contributed by atoms with Crippen molar-refractivity contribution in [2.45, 2.75) is 0 Å². The maximum atomic E-state index is 5.10. The number of benzene rings is 1. The van der Waals surface area contributed by atoms with Gasteiger partial charge in [0.2, 0.25) is 0 Å². The molecule has 0 saturated heterocycles. The largest absolute Gasteiger partial charge is 0.497 e. The molecule has 0 fully saturated rings. The standard InChI is InChI=1S/C9H10BrO2/c1-6-4-7(11-2)5-8(12-3)9(6)10/h4-5H,1H2,2-3H3. The molecule has 0 aliphatic heterocycles. The Balaban J connectivity index is 3.19. The van der Waals surface area contributed by atoms with Gasteiger partial charge in [-0.2, -0.15) is 0 Å². The smallest absolute Gasteiger partial charge is 0.137 e. The number of hydrogen-bond donors (Lipinski definition) is 0. The molecular weight excluding hydrogens is 220 g/mol. The van der Waals surface area contributed by atoms with E-state index in [0.717, 1.165) is 21.5 Å². The van der Waals surface area contributed by atoms with Gasteiger partial charge in [0.05, 0.1) is 18.7 Å². The number of ether oxygens (including phenoxy) is 2. The number of methoxy groups -OCH3 is 2. The second kappa shape index (κ2) is 3.81. The zero-order chi connectivity index (χ0) is 9.14. The topological polar surface area (TPSA) is 18.5 Å². The molecule has 0 unspecified atom stereocenters. The third-order valence-corrected chi connectivity index (χ3v) is 2.44. The van der Waals surface area contributed by atoms with E-state index in [1.165, 1.54) is 0 Å². The van der Waals surface area contributed by atoms with Gasteiger partial charge in [0.25, 0.3) is 0 Å². The molecule has 12 heavy (non-hydrogen) atoms. The summed E-state index contributed by atoms with van der Waals surface area (Å²) in [5.41, 5.74) is 0.853. The Morgan fingerprint density at radius 1 is 1.25 bits per heavy atom. The van der Waals surface area contributed by atoms with E-state index in [9.17, 15) is 0 Å². The van der Waals surface area contributed by atoms with E-state index in [-0.39, 0.29) is 0 Å². The Labute approximate surface area is 80.6 Å². The van der Waals surface area contributed by atoms with Crippen molar-refractivity contribution >= 4 is 15.9 Å². The lowest BCUT2D eigenvalue weighted by molar-refractivity contribution is 0.392. The van der Waals surface area contributed by atoms with Crippen LogP contribution in [0.4, 0.5) is 0 Å². The summed E-state index contributed by atoms with van der Waals surface area (Å²) < 4.78 is 11.0. The van der Waals surface area contributed by atoms with Gasteiger partial charge in [-0.25, -0.2) is 0 Å². The Bertz CT molecular complexity index is 284. The fourth-order valence-corrected chi connectivity index (χ4v) is 1.28. The van der Waals surface area contributed by atoms with Gasteiger partial charge in [-0.3, -0.25) is 0 Å². The first kappa shape index (κ1) is 9.39. The Kier molecular flexibility index (Phi) is 2.98. The minimum absolute atomic E-state index is 0.736. The molecule has 0 aliphatic carbocycles. The van der Waals surface area contributed by atoms with Crippen LogP contribution in [0.15, 0.2) is 16.6 Å². The highest BCUT2D eigenvalue weighted by atomic mass is 79.9. The molecule has 0 atom stereocenters. The number of rotatable bonds is 2. The molecule has 0 N–H and O–H groups in total. The average Bonchev–Trinajstić information content (AvgIpc) is 2.09. The monoisotopic (exact) mass is 229 g/mol. The summed E-state index contributed by atoms with van der Waals surface area (Å²) in [5, 5.41) is 0. The van der Waals surface area contributed by atoms with Crippen LogP contribution < -0.4 is 9.47 Å². The van der Waals surface area contributed by atoms with E-state index in [2.05, 4.69) is 22.9 Å². The van der Waals surface area contributed by atoms with E-state index >= 15 is 0 Å². The van der Waals surface area contributed by atoms with Crippen molar-refractivity contribution in [2.24, 2.45) is 0 Å². The van der Waals surface area contributed by atoms with Crippen molar-refractivity contribution < 1.29 is 9.47 Å². The average molecular weight is 230 g/mol. The fourth-order valence-electron chi connectivity index (χ4n) is 0.894. The highest BCUT2D eigenvalue weighted by Gasteiger charge is 2.05. The lowest BCUT2D eigenvalue weighted by atomic mass is 10.2. The van der Waals surface area contributed by atoms with Crippen molar-refractivity contribution in [3.63, 3.8) is 0 Å². The van der Waals surface area contributed by atoms with Crippen molar-refractivity contribution in [1.82, 2.24) is 0 Å². The van der Waals surface area contributed by atoms with Crippen LogP contribution in [0, 0.1) is 6.92 Å². The molecule has 0 amide bonds. The molecule has 0 bridgehead atoms. The highest BCUT2D eigenvalue weighted by molar-refractivity contribution is 9.10. The fraction of sp³-hybridized carbons (Fsp3) is 0.222. The molecule has 3 heteroatoms. The normalized spacial score (nSPS) is 9.67. The van der Waals surface area contributed by atoms with Crippen LogP contribution in [0.1, 0.15) is 5.56 Å². The minimum Gasteiger partial charge on any atom is -0.497 e. The Morgan fingerprint density at radius 3 is 2.42 bits per heavy atom. The Morgan fingerprint density at radius 2 is 1.92 bits per heavy atom. The third kappa shape index (κ3) is 1.72. The minimum atomic E-state index is 0.736. The predicted octanol–water partition coefficient (Wildman–Crippen LogP) is 2.65. The van der Waals surface area contributed by atoms with Gasteiger partial charge < -0.3 is 9.47 Å². The van der Waals surface area contributed by atoms with Crippen LogP contribution in [0.3, 0.4) is 0 Å². The molecule has 2 nitrogen and oxygen atoms in total. The van der Waals surface area contributed by atoms with Gasteiger partial charge in [0.1, 0.15) is 11.5 Å². The van der Waals surface area contributed by atoms with Crippen molar-refractivity contribution in [2.75, 3.05) is 14.2 Å². The van der Waals surface area contributed by atoms with Gasteiger partial charge in [0, 0.05) is 6.07 Å². The number of hydrogen-bond acceptors (Lipinski definition) is 2. The van der Waals surface area contributed by atoms with E-state index in [4.69, 9.17) is 9.47 Å². The summed E-state index contributed by atoms with van der Waals surface area (Å²) in [6.45, 7) is 3.83. The van der Waals surface area contributed by atoms with Gasteiger partial charge in [-0.1, -0.05) is 0 Å². The van der Waals surface area contributed by atoms with E-state index < -0.39 is 0 Å². The zero-order valence-electron chi connectivity index (χ0n) is 7.06. The lowest BCUT2D eigenvalue weighted by Crippen LogP contribution is -1.90. The van der Waals surface area contributed by atoms with Crippen molar-refractivity contribution in [1.29, 1.82) is 0 Å². The lowest BCUT2D eigenvalue weighted by Gasteiger charge is -2.08. The molecular formula is C9H10BrO2. The molecule has 1 aromatic carbocycles. The molecule has 0 aliphatic rings. The quantitative estimate of drug-likeness (QED) is 0.777. The molecule has 0 heterocycles. The second-order valence-electron chi connectivity index (χ2n) is 2.30. The first-order valence-electron chi connectivity index (χ1n) is 3.42. The molecule has 65 valence electrons. The van der Waals surface area contributed by atoms with Crippen LogP contribution >= 0.6 is 15.9 Å². The molecule has 0 aromatic heterocycles. The van der Waals surface area contributed by atoms with Crippen LogP contribution in [-0.2, 0) is 0 Å². The summed E-state index contributed by atoms with van der Waals surface area (Å²) in [6.07, 6.45) is 0. The summed E-state index contributed by atoms with van der Waals surface area (Å²) in [4.78, 5) is 0. The van der Waals surface area contributed by atoms with E-state index in [1.54, 1.807) is 20.3 Å². The summed E-state index contributed by atoms with van der Waals surface area (Å²) in [5.74, 6) is 1.49. The third-order valence-electron chi connectivity index (χ3n) is 1.54. The molecule has 0 saturated carbocycles. The van der Waals surface area contributed by atoms with Crippen molar-refractivity contribution in [3.8, 4) is 11.5 Å². The summed E-state index contributed by atoms with van der Waals surface area (Å²) >= 11 is 3.36. The van der Waals surface area contributed by atoms with Gasteiger partial charge in [-0.15, -0.1) is 0 Å². The molecule has 1 rings (SSSR count). The van der Waals surface area contributed by atoms with Crippen LogP contribution in [0.25, 0.3) is 0 Å². The van der Waals surface area contributed by atoms with Gasteiger partial charge in [0.15, 0.2) is 0 Å². The summed E-state index contributed by atoms with van der Waals surface area (Å²) in [6, 6.07) is 3.64. The van der Waals surface area contributed by atoms with E-state index in [1.807, 2.05) is 6.07 Å². The van der Waals surface area contributed by atoms with Crippen LogP contribution in [-0.4, -0.2) is 14.2 Å². The molecule has 1 radical (unpaired) electrons. The number of halogens is 1. The van der Waals surface area contributed by atoms with Gasteiger partial charge in [-0.05, 0) is 34.5 Å². The first-order valence-corrected chi connectivity index (χ1v) is 4.21. The Hall–Kier alpha value is -0.700. The maximum Gasteiger partial charge on any atom is 0.137 e. The van der Waals surface area contributed by atoms with E-state index in [0.29, 0.717) is 0 Å². The highest BCUT2D eigenvalue weighted by Crippen LogP contribution is 2.32. The predicted molar refractivity (Wildman–Crippen MR) is 51.7 cm³/mol.